The first-order valence-electron chi connectivity index (χ1n) is 30.3. The van der Waals surface area contributed by atoms with Crippen LogP contribution in [0.4, 0.5) is 0 Å². The molecule has 1 aliphatic rings. The van der Waals surface area contributed by atoms with E-state index in [0.717, 1.165) is 51.4 Å². The number of aliphatic hydroxyl groups excluding tert-OH is 6. The number of nitrogens with one attached hydrogen (secondary N) is 1. The number of ether oxygens (including phenoxy) is 2. The summed E-state index contributed by atoms with van der Waals surface area (Å²) < 4.78 is 11.2. The van der Waals surface area contributed by atoms with Crippen molar-refractivity contribution in [1.82, 2.24) is 5.32 Å². The van der Waals surface area contributed by atoms with E-state index in [1.807, 2.05) is 6.08 Å². The minimum absolute atomic E-state index is 0.304. The summed E-state index contributed by atoms with van der Waals surface area (Å²) >= 11 is 0. The molecule has 10 heteroatoms. The molecule has 0 aromatic rings. The largest absolute Gasteiger partial charge is 0.394 e. The van der Waals surface area contributed by atoms with Crippen molar-refractivity contribution < 1.29 is 44.9 Å². The molecule has 1 fully saturated rings. The van der Waals surface area contributed by atoms with E-state index in [2.05, 4.69) is 43.5 Å². The Bertz CT molecular complexity index is 1230. The molecule has 0 spiro atoms. The normalized spacial score (nSPS) is 19.9. The van der Waals surface area contributed by atoms with Gasteiger partial charge in [-0.25, -0.2) is 0 Å². The number of carbonyl (C=O) groups excluding carboxylic acids is 1. The van der Waals surface area contributed by atoms with Crippen molar-refractivity contribution in [2.24, 2.45) is 0 Å². The number of hydrogen-bond acceptors (Lipinski definition) is 9. The molecule has 0 aromatic carbocycles. The molecule has 418 valence electrons. The van der Waals surface area contributed by atoms with Gasteiger partial charge >= 0.3 is 0 Å². The van der Waals surface area contributed by atoms with E-state index in [4.69, 9.17) is 9.47 Å². The van der Waals surface area contributed by atoms with E-state index < -0.39 is 61.5 Å². The van der Waals surface area contributed by atoms with Crippen LogP contribution in [0, 0.1) is 0 Å². The van der Waals surface area contributed by atoms with Crippen LogP contribution in [0.1, 0.15) is 284 Å². The SMILES string of the molecule is CCCCCCCCCCC/C=C\C/C=C\CCCCCCCCCCCCCCCCC(O)C(=O)NC(COC1OC(CO)C(O)C(O)C1O)C(O)/C=C/CCCCCCCCCCCCCCCC. The van der Waals surface area contributed by atoms with Crippen molar-refractivity contribution in [2.45, 2.75) is 332 Å². The van der Waals surface area contributed by atoms with Crippen LogP contribution in [-0.2, 0) is 14.3 Å². The Morgan fingerprint density at radius 2 is 0.859 bits per heavy atom. The summed E-state index contributed by atoms with van der Waals surface area (Å²) in [6.45, 7) is 3.64. The lowest BCUT2D eigenvalue weighted by molar-refractivity contribution is -0.302. The third-order valence-corrected chi connectivity index (χ3v) is 14.6. The van der Waals surface area contributed by atoms with E-state index in [-0.39, 0.29) is 6.61 Å². The van der Waals surface area contributed by atoms with Gasteiger partial charge in [0.25, 0.3) is 0 Å². The predicted octanol–water partition coefficient (Wildman–Crippen LogP) is 14.1. The Balaban J connectivity index is 2.20. The maximum atomic E-state index is 13.1. The van der Waals surface area contributed by atoms with Gasteiger partial charge in [0.05, 0.1) is 25.4 Å². The van der Waals surface area contributed by atoms with Gasteiger partial charge in [0.15, 0.2) is 6.29 Å². The molecule has 0 aliphatic carbocycles. The summed E-state index contributed by atoms with van der Waals surface area (Å²) in [7, 11) is 0. The number of rotatable bonds is 52. The summed E-state index contributed by atoms with van der Waals surface area (Å²) in [5, 5.41) is 65.1. The van der Waals surface area contributed by atoms with Gasteiger partial charge in [-0.15, -0.1) is 0 Å². The lowest BCUT2D eigenvalue weighted by Gasteiger charge is -2.40. The number of allylic oxidation sites excluding steroid dienone is 5. The average Bonchev–Trinajstić information content (AvgIpc) is 3.37. The van der Waals surface area contributed by atoms with Gasteiger partial charge in [0.1, 0.15) is 30.5 Å². The Hall–Kier alpha value is -1.63. The molecule has 8 unspecified atom stereocenters. The van der Waals surface area contributed by atoms with Crippen LogP contribution >= 0.6 is 0 Å². The summed E-state index contributed by atoms with van der Waals surface area (Å²) in [5.74, 6) is -0.614. The average molecular weight is 1010 g/mol. The van der Waals surface area contributed by atoms with Crippen molar-refractivity contribution in [3.63, 3.8) is 0 Å². The lowest BCUT2D eigenvalue weighted by atomic mass is 9.99. The zero-order chi connectivity index (χ0) is 51.7. The molecule has 1 heterocycles. The van der Waals surface area contributed by atoms with Crippen molar-refractivity contribution in [2.75, 3.05) is 13.2 Å². The fourth-order valence-corrected chi connectivity index (χ4v) is 9.67. The Morgan fingerprint density at radius 3 is 1.25 bits per heavy atom. The first kappa shape index (κ1) is 67.4. The topological polar surface area (TPSA) is 169 Å². The van der Waals surface area contributed by atoms with Crippen molar-refractivity contribution >= 4 is 5.91 Å². The zero-order valence-electron chi connectivity index (χ0n) is 46.1. The van der Waals surface area contributed by atoms with Gasteiger partial charge < -0.3 is 45.4 Å². The summed E-state index contributed by atoms with van der Waals surface area (Å²) in [4.78, 5) is 13.1. The van der Waals surface area contributed by atoms with E-state index in [9.17, 15) is 35.4 Å². The molecule has 7 N–H and O–H groups in total. The molecular weight excluding hydrogens is 891 g/mol. The predicted molar refractivity (Wildman–Crippen MR) is 296 cm³/mol. The Kier molecular flexibility index (Phi) is 48.0. The van der Waals surface area contributed by atoms with E-state index in [1.54, 1.807) is 6.08 Å². The fraction of sp³-hybridized carbons (Fsp3) is 0.885. The molecule has 1 aliphatic heterocycles. The molecule has 10 nitrogen and oxygen atoms in total. The highest BCUT2D eigenvalue weighted by Gasteiger charge is 2.44. The van der Waals surface area contributed by atoms with Gasteiger partial charge in [-0.1, -0.05) is 269 Å². The zero-order valence-corrected chi connectivity index (χ0v) is 46.1. The van der Waals surface area contributed by atoms with Gasteiger partial charge in [-0.3, -0.25) is 4.79 Å². The van der Waals surface area contributed by atoms with Crippen molar-refractivity contribution in [3.8, 4) is 0 Å². The third-order valence-electron chi connectivity index (χ3n) is 14.6. The first-order chi connectivity index (χ1) is 34.8. The maximum absolute atomic E-state index is 13.1. The third kappa shape index (κ3) is 39.5. The Labute approximate surface area is 436 Å². The molecule has 1 saturated heterocycles. The molecule has 71 heavy (non-hydrogen) atoms. The second-order valence-electron chi connectivity index (χ2n) is 21.3. The van der Waals surface area contributed by atoms with Gasteiger partial charge in [-0.2, -0.15) is 0 Å². The minimum Gasteiger partial charge on any atom is -0.394 e. The number of aliphatic hydroxyl groups is 6. The van der Waals surface area contributed by atoms with Crippen LogP contribution in [0.5, 0.6) is 0 Å². The van der Waals surface area contributed by atoms with Crippen LogP contribution in [0.25, 0.3) is 0 Å². The monoisotopic (exact) mass is 1010 g/mol. The van der Waals surface area contributed by atoms with Crippen LogP contribution in [0.2, 0.25) is 0 Å². The van der Waals surface area contributed by atoms with E-state index in [1.165, 1.54) is 212 Å². The van der Waals surface area contributed by atoms with E-state index >= 15 is 0 Å². The van der Waals surface area contributed by atoms with E-state index in [0.29, 0.717) is 6.42 Å². The Morgan fingerprint density at radius 1 is 0.493 bits per heavy atom. The first-order valence-corrected chi connectivity index (χ1v) is 30.3. The number of amides is 1. The fourth-order valence-electron chi connectivity index (χ4n) is 9.67. The summed E-state index contributed by atoms with van der Waals surface area (Å²) in [6, 6.07) is -0.980. The highest BCUT2D eigenvalue weighted by molar-refractivity contribution is 5.80. The molecule has 0 radical (unpaired) electrons. The molecular formula is C61H115NO9. The van der Waals surface area contributed by atoms with Gasteiger partial charge in [0.2, 0.25) is 5.91 Å². The van der Waals surface area contributed by atoms with Crippen LogP contribution in [0.3, 0.4) is 0 Å². The van der Waals surface area contributed by atoms with Crippen LogP contribution in [-0.4, -0.2) is 98.7 Å². The van der Waals surface area contributed by atoms with Gasteiger partial charge in [0, 0.05) is 0 Å². The molecule has 8 atom stereocenters. The van der Waals surface area contributed by atoms with Gasteiger partial charge in [-0.05, 0) is 51.4 Å². The molecule has 0 aromatic heterocycles. The smallest absolute Gasteiger partial charge is 0.249 e. The minimum atomic E-state index is -1.61. The van der Waals surface area contributed by atoms with Crippen molar-refractivity contribution in [3.05, 3.63) is 36.5 Å². The molecule has 0 bridgehead atoms. The number of unbranched alkanes of at least 4 members (excludes halogenated alkanes) is 37. The molecule has 0 saturated carbocycles. The lowest BCUT2D eigenvalue weighted by Crippen LogP contribution is -2.60. The molecule has 1 amide bonds. The van der Waals surface area contributed by atoms with Crippen LogP contribution in [0.15, 0.2) is 36.5 Å². The number of hydrogen-bond donors (Lipinski definition) is 7. The molecule has 1 rings (SSSR count). The quantitative estimate of drug-likeness (QED) is 0.0232. The maximum Gasteiger partial charge on any atom is 0.249 e. The summed E-state index contributed by atoms with van der Waals surface area (Å²) in [5.41, 5.74) is 0. The van der Waals surface area contributed by atoms with Crippen LogP contribution < -0.4 is 5.32 Å². The second-order valence-corrected chi connectivity index (χ2v) is 21.3. The number of carbonyl (C=O) groups is 1. The van der Waals surface area contributed by atoms with Crippen molar-refractivity contribution in [1.29, 1.82) is 0 Å². The highest BCUT2D eigenvalue weighted by Crippen LogP contribution is 2.23. The second kappa shape index (κ2) is 50.5. The summed E-state index contributed by atoms with van der Waals surface area (Å²) in [6.07, 6.45) is 55.4. The standard InChI is InChI=1S/C61H115NO9/c1-3-5-7-9-11-13-15-17-19-21-22-23-24-25-26-27-28-29-30-31-32-33-34-36-38-40-42-44-46-48-50-55(65)60(69)62-53(52-70-61-59(68)58(67)57(66)56(51-63)71-61)54(64)49-47-45-43-41-39-37-35-20-18-16-14-12-10-8-6-4-2/h22-23,25-26,47,49,53-59,61,63-68H,3-21,24,27-46,48,50-52H2,1-2H3,(H,62,69)/b23-22-,26-25-,49-47+. The highest BCUT2D eigenvalue weighted by atomic mass is 16.7.